The van der Waals surface area contributed by atoms with Crippen molar-refractivity contribution in [2.24, 2.45) is 0 Å². The number of hydrogen-bond donors (Lipinski definition) is 3. The molecule has 0 spiro atoms. The Morgan fingerprint density at radius 3 is 2.68 bits per heavy atom. The number of pyridine rings is 1. The number of ether oxygens (including phenoxy) is 2. The lowest BCUT2D eigenvalue weighted by atomic mass is 10.0. The van der Waals surface area contributed by atoms with Crippen LogP contribution in [0.25, 0.3) is 11.3 Å². The van der Waals surface area contributed by atoms with Crippen LogP contribution < -0.4 is 20.3 Å². The first-order chi connectivity index (χ1) is 19.8. The van der Waals surface area contributed by atoms with Crippen LogP contribution in [0.4, 0.5) is 11.4 Å². The highest BCUT2D eigenvalue weighted by Crippen LogP contribution is 2.44. The molecule has 0 bridgehead atoms. The minimum absolute atomic E-state index is 0.0836. The van der Waals surface area contributed by atoms with Gasteiger partial charge in [-0.05, 0) is 72.9 Å². The van der Waals surface area contributed by atoms with Gasteiger partial charge >= 0.3 is 5.97 Å². The highest BCUT2D eigenvalue weighted by Gasteiger charge is 2.43. The van der Waals surface area contributed by atoms with Gasteiger partial charge in [0.15, 0.2) is 5.11 Å². The van der Waals surface area contributed by atoms with Crippen molar-refractivity contribution >= 4 is 52.2 Å². The summed E-state index contributed by atoms with van der Waals surface area (Å²) in [5.41, 5.74) is 2.35. The quantitative estimate of drug-likeness (QED) is 0.216. The van der Waals surface area contributed by atoms with Gasteiger partial charge in [-0.3, -0.25) is 9.78 Å². The number of hydrogen-bond acceptors (Lipinski definition) is 7. The van der Waals surface area contributed by atoms with Crippen molar-refractivity contribution in [1.29, 1.82) is 0 Å². The van der Waals surface area contributed by atoms with Crippen LogP contribution in [0.3, 0.4) is 0 Å². The largest absolute Gasteiger partial charge is 0.495 e. The molecule has 210 valence electrons. The van der Waals surface area contributed by atoms with Crippen molar-refractivity contribution in [2.45, 2.75) is 12.1 Å². The summed E-state index contributed by atoms with van der Waals surface area (Å²) in [7, 11) is 2.95. The molecule has 0 unspecified atom stereocenters. The van der Waals surface area contributed by atoms with Crippen LogP contribution in [0, 0.1) is 0 Å². The molecular formula is C29H25ClN4O6S. The molecule has 0 aliphatic carbocycles. The van der Waals surface area contributed by atoms with Gasteiger partial charge in [0.25, 0.3) is 0 Å². The molecule has 0 saturated carbocycles. The Bertz CT molecular complexity index is 1610. The number of nitrogens with zero attached hydrogens (tertiary/aromatic N) is 2. The molecule has 2 aromatic heterocycles. The molecule has 0 radical (unpaired) electrons. The van der Waals surface area contributed by atoms with Gasteiger partial charge in [-0.2, -0.15) is 0 Å². The number of aromatic carboxylic acids is 1. The van der Waals surface area contributed by atoms with Crippen LogP contribution in [0.15, 0.2) is 77.3 Å². The number of carboxylic acid groups (broad SMARTS) is 1. The average Bonchev–Trinajstić information content (AvgIpc) is 3.58. The van der Waals surface area contributed by atoms with Crippen LogP contribution in [-0.4, -0.2) is 47.9 Å². The summed E-state index contributed by atoms with van der Waals surface area (Å²) in [5, 5.41) is 16.4. The summed E-state index contributed by atoms with van der Waals surface area (Å²) >= 11 is 12.2. The van der Waals surface area contributed by atoms with Crippen LogP contribution in [-0.2, 0) is 9.53 Å². The lowest BCUT2D eigenvalue weighted by molar-refractivity contribution is -0.119. The zero-order valence-corrected chi connectivity index (χ0v) is 23.5. The first-order valence-electron chi connectivity index (χ1n) is 12.4. The maximum Gasteiger partial charge on any atom is 0.335 e. The Morgan fingerprint density at radius 2 is 1.98 bits per heavy atom. The molecule has 1 aliphatic heterocycles. The van der Waals surface area contributed by atoms with E-state index >= 15 is 0 Å². The summed E-state index contributed by atoms with van der Waals surface area (Å²) in [6.45, 7) is -0.123. The van der Waals surface area contributed by atoms with Crippen LogP contribution in [0.5, 0.6) is 5.75 Å². The van der Waals surface area contributed by atoms with Gasteiger partial charge in [0.05, 0.1) is 35.1 Å². The van der Waals surface area contributed by atoms with E-state index in [4.69, 9.17) is 37.7 Å². The molecular weight excluding hydrogens is 568 g/mol. The zero-order chi connectivity index (χ0) is 29.1. The summed E-state index contributed by atoms with van der Waals surface area (Å²) in [6, 6.07) is 18.0. The first-order valence-corrected chi connectivity index (χ1v) is 13.2. The molecule has 2 atom stereocenters. The minimum Gasteiger partial charge on any atom is -0.495 e. The van der Waals surface area contributed by atoms with Crippen LogP contribution in [0.2, 0.25) is 5.02 Å². The molecule has 3 heterocycles. The number of methoxy groups -OCH3 is 2. The van der Waals surface area contributed by atoms with E-state index in [-0.39, 0.29) is 18.1 Å². The van der Waals surface area contributed by atoms with E-state index in [2.05, 4.69) is 15.6 Å². The second kappa shape index (κ2) is 12.0. The van der Waals surface area contributed by atoms with E-state index in [1.54, 1.807) is 30.5 Å². The van der Waals surface area contributed by atoms with E-state index in [1.807, 2.05) is 29.2 Å². The van der Waals surface area contributed by atoms with E-state index in [0.29, 0.717) is 44.3 Å². The summed E-state index contributed by atoms with van der Waals surface area (Å²) in [4.78, 5) is 30.3. The Morgan fingerprint density at radius 1 is 1.15 bits per heavy atom. The maximum atomic E-state index is 12.3. The van der Waals surface area contributed by atoms with Gasteiger partial charge < -0.3 is 34.5 Å². The zero-order valence-electron chi connectivity index (χ0n) is 22.0. The van der Waals surface area contributed by atoms with Crippen molar-refractivity contribution in [1.82, 2.24) is 10.3 Å². The number of rotatable bonds is 9. The number of amides is 1. The fourth-order valence-electron chi connectivity index (χ4n) is 4.69. The molecule has 2 aromatic carbocycles. The Hall–Kier alpha value is -4.45. The molecule has 1 saturated heterocycles. The first kappa shape index (κ1) is 28.1. The average molecular weight is 593 g/mol. The highest BCUT2D eigenvalue weighted by atomic mass is 35.5. The molecule has 1 amide bonds. The predicted octanol–water partition coefficient (Wildman–Crippen LogP) is 5.46. The van der Waals surface area contributed by atoms with Crippen molar-refractivity contribution in [3.8, 4) is 17.1 Å². The smallest absolute Gasteiger partial charge is 0.335 e. The van der Waals surface area contributed by atoms with Gasteiger partial charge in [0, 0.05) is 24.6 Å². The Balaban J connectivity index is 1.60. The molecule has 1 fully saturated rings. The van der Waals surface area contributed by atoms with Gasteiger partial charge in [-0.25, -0.2) is 4.79 Å². The predicted molar refractivity (Wildman–Crippen MR) is 158 cm³/mol. The standard InChI is InChI=1S/C29H25ClN4O6S/c1-38-15-25(35)32-21-14-17(7-9-23(21)39-2)34-27(26(33-29(34)41)20-5-3-4-12-31-20)24-11-10-22(40-24)18-13-16(28(36)37)6-8-19(18)30/h3-14,26-27H,15H2,1-2H3,(H,32,35)(H,33,41)(H,36,37)/t26-,27-/m0/s1. The number of carbonyl (C=O) groups is 2. The van der Waals surface area contributed by atoms with E-state index in [9.17, 15) is 14.7 Å². The van der Waals surface area contributed by atoms with Crippen molar-refractivity contribution < 1.29 is 28.6 Å². The summed E-state index contributed by atoms with van der Waals surface area (Å²) in [5.74, 6) is -0.0331. The van der Waals surface area contributed by atoms with Crippen LogP contribution in [0.1, 0.15) is 33.9 Å². The van der Waals surface area contributed by atoms with E-state index in [1.165, 1.54) is 32.4 Å². The number of furan rings is 1. The lowest BCUT2D eigenvalue weighted by Gasteiger charge is -2.27. The van der Waals surface area contributed by atoms with Gasteiger partial charge in [-0.15, -0.1) is 0 Å². The number of halogens is 1. The van der Waals surface area contributed by atoms with Gasteiger partial charge in [0.2, 0.25) is 5.91 Å². The third kappa shape index (κ3) is 5.73. The van der Waals surface area contributed by atoms with Gasteiger partial charge in [-0.1, -0.05) is 17.7 Å². The second-order valence-electron chi connectivity index (χ2n) is 9.06. The third-order valence-corrected chi connectivity index (χ3v) is 7.15. The molecule has 12 heteroatoms. The minimum atomic E-state index is -1.07. The number of aromatic nitrogens is 1. The number of anilines is 2. The molecule has 1 aliphatic rings. The van der Waals surface area contributed by atoms with Crippen molar-refractivity contribution in [3.63, 3.8) is 0 Å². The number of carbonyl (C=O) groups excluding carboxylic acids is 1. The molecule has 41 heavy (non-hydrogen) atoms. The highest BCUT2D eigenvalue weighted by molar-refractivity contribution is 7.80. The topological polar surface area (TPSA) is 126 Å². The Labute approximate surface area is 245 Å². The summed E-state index contributed by atoms with van der Waals surface area (Å²) in [6.07, 6.45) is 1.70. The number of nitrogens with one attached hydrogen (secondary N) is 2. The van der Waals surface area contributed by atoms with E-state index in [0.717, 1.165) is 5.69 Å². The molecule has 4 aromatic rings. The van der Waals surface area contributed by atoms with Crippen molar-refractivity contribution in [2.75, 3.05) is 31.0 Å². The Kier molecular flexibility index (Phi) is 8.20. The number of benzene rings is 2. The maximum absolute atomic E-state index is 12.3. The molecule has 10 nitrogen and oxygen atoms in total. The number of carboxylic acids is 1. The summed E-state index contributed by atoms with van der Waals surface area (Å²) < 4.78 is 16.7. The monoisotopic (exact) mass is 592 g/mol. The normalized spacial score (nSPS) is 16.4. The number of thiocarbonyl (C=S) groups is 1. The van der Waals surface area contributed by atoms with Gasteiger partial charge in [0.1, 0.15) is 29.9 Å². The fourth-order valence-corrected chi connectivity index (χ4v) is 5.24. The fraction of sp³-hybridized carbons (Fsp3) is 0.172. The molecule has 5 rings (SSSR count). The van der Waals surface area contributed by atoms with Crippen molar-refractivity contribution in [3.05, 3.63) is 95.0 Å². The second-order valence-corrected chi connectivity index (χ2v) is 9.86. The SMILES string of the molecule is COCC(=O)Nc1cc(N2C(=S)N[C@@H](c3ccccn3)[C@@H]2c2ccc(-c3cc(C(=O)O)ccc3Cl)o2)ccc1OC. The third-order valence-electron chi connectivity index (χ3n) is 6.51. The lowest BCUT2D eigenvalue weighted by Crippen LogP contribution is -2.29. The van der Waals surface area contributed by atoms with E-state index < -0.39 is 18.1 Å². The molecule has 3 N–H and O–H groups in total. The van der Waals surface area contributed by atoms with Crippen LogP contribution >= 0.6 is 23.8 Å².